The van der Waals surface area contributed by atoms with Crippen LogP contribution in [0.25, 0.3) is 50.7 Å². The fraction of sp³-hybridized carbons (Fsp3) is 0.288. The molecule has 4 aliphatic rings. The SMILES string of the molecule is Cc1ccc2c(c1)CC(C1=NCc3ccc(NC4CCCC4)cc31)=C2.O=c1[nH]c2cc3nc(-c4ccc(-c5ccccc5)cc4)n(CCCN4CCCCC4)c3cc2nc1Cc1ccccc1. The Balaban J connectivity index is 0.000000168. The molecule has 0 unspecified atom stereocenters. The topological polar surface area (TPSA) is 91.2 Å². The number of anilines is 1. The molecule has 336 valence electrons. The molecule has 2 aliphatic carbocycles. The number of piperidine rings is 1. The van der Waals surface area contributed by atoms with E-state index in [9.17, 15) is 4.79 Å². The zero-order valence-electron chi connectivity index (χ0n) is 38.6. The number of nitrogens with one attached hydrogen (secondary N) is 2. The van der Waals surface area contributed by atoms with Gasteiger partial charge in [-0.2, -0.15) is 0 Å². The van der Waals surface area contributed by atoms with Crippen LogP contribution in [-0.4, -0.2) is 55.8 Å². The Morgan fingerprint density at radius 2 is 1.46 bits per heavy atom. The summed E-state index contributed by atoms with van der Waals surface area (Å²) in [4.78, 5) is 33.5. The van der Waals surface area contributed by atoms with Gasteiger partial charge in [-0.3, -0.25) is 9.79 Å². The molecule has 0 radical (unpaired) electrons. The normalized spacial score (nSPS) is 15.8. The van der Waals surface area contributed by atoms with Crippen LogP contribution in [0.3, 0.4) is 0 Å². The molecule has 1 saturated heterocycles. The number of aryl methyl sites for hydroxylation is 2. The lowest BCUT2D eigenvalue weighted by molar-refractivity contribution is 0.223. The Bertz CT molecular complexity index is 3170. The van der Waals surface area contributed by atoms with Crippen molar-refractivity contribution in [3.63, 3.8) is 0 Å². The minimum absolute atomic E-state index is 0.150. The van der Waals surface area contributed by atoms with Crippen LogP contribution in [0.4, 0.5) is 5.69 Å². The van der Waals surface area contributed by atoms with Crippen LogP contribution < -0.4 is 10.9 Å². The second kappa shape index (κ2) is 19.1. The van der Waals surface area contributed by atoms with E-state index in [-0.39, 0.29) is 5.56 Å². The third-order valence-electron chi connectivity index (χ3n) is 14.2. The van der Waals surface area contributed by atoms with E-state index in [1.165, 1.54) is 114 Å². The van der Waals surface area contributed by atoms with Gasteiger partial charge in [0.2, 0.25) is 0 Å². The van der Waals surface area contributed by atoms with Crippen LogP contribution in [0, 0.1) is 6.92 Å². The van der Waals surface area contributed by atoms with Crippen molar-refractivity contribution in [1.82, 2.24) is 24.4 Å². The molecule has 0 bridgehead atoms. The zero-order valence-corrected chi connectivity index (χ0v) is 38.6. The monoisotopic (exact) mass is 881 g/mol. The number of nitrogens with zero attached hydrogens (tertiary/aromatic N) is 5. The predicted octanol–water partition coefficient (Wildman–Crippen LogP) is 12.4. The van der Waals surface area contributed by atoms with Gasteiger partial charge in [-0.05, 0) is 128 Å². The highest BCUT2D eigenvalue weighted by Crippen LogP contribution is 2.35. The van der Waals surface area contributed by atoms with Crippen molar-refractivity contribution in [3.05, 3.63) is 188 Å². The minimum Gasteiger partial charge on any atom is -0.382 e. The average Bonchev–Trinajstić information content (AvgIpc) is 4.19. The molecule has 2 fully saturated rings. The number of rotatable bonds is 11. The number of H-pyrrole nitrogens is 1. The van der Waals surface area contributed by atoms with Gasteiger partial charge in [-0.15, -0.1) is 0 Å². The van der Waals surface area contributed by atoms with Crippen LogP contribution in [0.2, 0.25) is 0 Å². The van der Waals surface area contributed by atoms with Crippen molar-refractivity contribution in [1.29, 1.82) is 0 Å². The maximum atomic E-state index is 13.0. The summed E-state index contributed by atoms with van der Waals surface area (Å²) in [5.74, 6) is 0.949. The average molecular weight is 882 g/mol. The summed E-state index contributed by atoms with van der Waals surface area (Å²) in [6.45, 7) is 7.35. The van der Waals surface area contributed by atoms with Gasteiger partial charge in [0.25, 0.3) is 5.56 Å². The summed E-state index contributed by atoms with van der Waals surface area (Å²) >= 11 is 0. The number of aromatic amines is 1. The molecular weight excluding hydrogens is 823 g/mol. The molecule has 0 spiro atoms. The molecule has 8 aromatic rings. The first kappa shape index (κ1) is 42.7. The minimum atomic E-state index is -0.150. The van der Waals surface area contributed by atoms with Crippen LogP contribution in [-0.2, 0) is 25.9 Å². The third kappa shape index (κ3) is 9.41. The maximum Gasteiger partial charge on any atom is 0.270 e. The van der Waals surface area contributed by atoms with Gasteiger partial charge < -0.3 is 19.8 Å². The Morgan fingerprint density at radius 3 is 2.27 bits per heavy atom. The largest absolute Gasteiger partial charge is 0.382 e. The number of aliphatic imine (C=N–C) groups is 1. The second-order valence-electron chi connectivity index (χ2n) is 19.0. The van der Waals surface area contributed by atoms with Crippen molar-refractivity contribution in [2.75, 3.05) is 25.0 Å². The lowest BCUT2D eigenvalue weighted by Gasteiger charge is -2.26. The first-order chi connectivity index (χ1) is 33.0. The number of benzene rings is 6. The number of allylic oxidation sites excluding steroid dienone is 1. The maximum absolute atomic E-state index is 13.0. The number of aromatic nitrogens is 4. The van der Waals surface area contributed by atoms with Gasteiger partial charge >= 0.3 is 0 Å². The molecule has 2 aromatic heterocycles. The zero-order chi connectivity index (χ0) is 45.1. The highest BCUT2D eigenvalue weighted by atomic mass is 16.1. The number of imidazole rings is 1. The highest BCUT2D eigenvalue weighted by molar-refractivity contribution is 6.18. The van der Waals surface area contributed by atoms with E-state index in [0.29, 0.717) is 23.7 Å². The summed E-state index contributed by atoms with van der Waals surface area (Å²) in [5.41, 5.74) is 19.0. The lowest BCUT2D eigenvalue weighted by Crippen LogP contribution is -2.31. The Morgan fingerprint density at radius 1 is 0.701 bits per heavy atom. The van der Waals surface area contributed by atoms with Gasteiger partial charge in [0.15, 0.2) is 0 Å². The van der Waals surface area contributed by atoms with Gasteiger partial charge in [0.1, 0.15) is 11.5 Å². The quantitative estimate of drug-likeness (QED) is 0.135. The van der Waals surface area contributed by atoms with Crippen molar-refractivity contribution in [2.24, 2.45) is 4.99 Å². The van der Waals surface area contributed by atoms with Crippen LogP contribution in [0.1, 0.15) is 90.4 Å². The molecule has 0 amide bonds. The van der Waals surface area contributed by atoms with E-state index in [4.69, 9.17) is 15.0 Å². The summed E-state index contributed by atoms with van der Waals surface area (Å²) in [7, 11) is 0. The number of fused-ring (bicyclic) bond motifs is 4. The Hall–Kier alpha value is -6.90. The van der Waals surface area contributed by atoms with Crippen LogP contribution in [0.15, 0.2) is 149 Å². The summed E-state index contributed by atoms with van der Waals surface area (Å²) in [6, 6.07) is 47.5. The number of likely N-dealkylation sites (tertiary alicyclic amines) is 1. The van der Waals surface area contributed by atoms with Gasteiger partial charge in [0, 0.05) is 42.2 Å². The van der Waals surface area contributed by atoms with Crippen molar-refractivity contribution < 1.29 is 0 Å². The van der Waals surface area contributed by atoms with E-state index in [1.807, 2.05) is 42.5 Å². The molecule has 4 heterocycles. The molecule has 8 nitrogen and oxygen atoms in total. The number of hydrogen-bond acceptors (Lipinski definition) is 6. The summed E-state index contributed by atoms with van der Waals surface area (Å²) < 4.78 is 2.35. The predicted molar refractivity (Wildman–Crippen MR) is 276 cm³/mol. The molecular formula is C59H59N7O. The fourth-order valence-corrected chi connectivity index (χ4v) is 10.7. The van der Waals surface area contributed by atoms with Crippen LogP contribution in [0.5, 0.6) is 0 Å². The first-order valence-corrected chi connectivity index (χ1v) is 24.6. The fourth-order valence-electron chi connectivity index (χ4n) is 10.7. The standard InChI is InChI=1S/C36H35N5O.C23H24N2/c42-36-33(23-26-11-4-1-5-12-26)37-31-25-34-32(24-30(31)39-36)38-35(41(34)22-10-21-40-19-8-3-9-20-40)29-17-15-28(16-18-29)27-13-6-2-7-14-27;1-15-6-7-16-11-19(12-18(16)10-15)23-22-13-21(9-8-17(22)14-24-23)25-20-4-2-3-5-20/h1-2,4-7,11-18,24-25H,3,8-10,19-23H2,(H,39,42);6-11,13,20,25H,2-5,12,14H2,1H3. The number of hydrogen-bond donors (Lipinski definition) is 2. The first-order valence-electron chi connectivity index (χ1n) is 24.6. The van der Waals surface area contributed by atoms with Crippen LogP contribution >= 0.6 is 0 Å². The molecule has 2 aliphatic heterocycles. The summed E-state index contributed by atoms with van der Waals surface area (Å²) in [5, 5.41) is 3.73. The van der Waals surface area contributed by atoms with E-state index in [0.717, 1.165) is 66.0 Å². The molecule has 0 atom stereocenters. The van der Waals surface area contributed by atoms with Gasteiger partial charge in [-0.25, -0.2) is 9.97 Å². The van der Waals surface area contributed by atoms with E-state index in [1.54, 1.807) is 0 Å². The lowest BCUT2D eigenvalue weighted by atomic mass is 9.98. The molecule has 2 N–H and O–H groups in total. The Kier molecular flexibility index (Phi) is 12.2. The second-order valence-corrected chi connectivity index (χ2v) is 19.0. The van der Waals surface area contributed by atoms with Crippen molar-refractivity contribution >= 4 is 39.5 Å². The summed E-state index contributed by atoms with van der Waals surface area (Å²) in [6.07, 6.45) is 14.2. The molecule has 6 aromatic carbocycles. The molecule has 8 heteroatoms. The molecule has 1 saturated carbocycles. The van der Waals surface area contributed by atoms with Crippen molar-refractivity contribution in [2.45, 2.75) is 90.3 Å². The van der Waals surface area contributed by atoms with Gasteiger partial charge in [0.05, 0.1) is 34.3 Å². The van der Waals surface area contributed by atoms with Gasteiger partial charge in [-0.1, -0.05) is 134 Å². The molecule has 67 heavy (non-hydrogen) atoms. The molecule has 12 rings (SSSR count). The highest BCUT2D eigenvalue weighted by Gasteiger charge is 2.25. The van der Waals surface area contributed by atoms with E-state index >= 15 is 0 Å². The van der Waals surface area contributed by atoms with E-state index in [2.05, 4.69) is 124 Å². The smallest absolute Gasteiger partial charge is 0.270 e. The Labute approximate surface area is 393 Å². The third-order valence-corrected chi connectivity index (χ3v) is 14.2. The van der Waals surface area contributed by atoms with Crippen molar-refractivity contribution in [3.8, 4) is 22.5 Å². The van der Waals surface area contributed by atoms with E-state index < -0.39 is 0 Å².